The predicted molar refractivity (Wildman–Crippen MR) is 71.3 cm³/mol. The Morgan fingerprint density at radius 1 is 1.41 bits per heavy atom. The number of carbonyl (C=O) groups is 2. The number of carboxylic acids is 1. The Labute approximate surface area is 125 Å². The van der Waals surface area contributed by atoms with Gasteiger partial charge in [-0.15, -0.1) is 0 Å². The Bertz CT molecular complexity index is 602. The van der Waals surface area contributed by atoms with Crippen molar-refractivity contribution in [3.05, 3.63) is 24.0 Å². The van der Waals surface area contributed by atoms with E-state index in [1.165, 1.54) is 25.6 Å². The van der Waals surface area contributed by atoms with Gasteiger partial charge in [0, 0.05) is 18.9 Å². The van der Waals surface area contributed by atoms with Crippen molar-refractivity contribution in [3.63, 3.8) is 0 Å². The number of hydrogen-bond donors (Lipinski definition) is 1. The summed E-state index contributed by atoms with van der Waals surface area (Å²) in [5.74, 6) is -3.00. The Balaban J connectivity index is 2.38. The molecule has 0 aliphatic carbocycles. The van der Waals surface area contributed by atoms with Gasteiger partial charge in [-0.2, -0.15) is 0 Å². The first kappa shape index (κ1) is 15.7. The molecule has 1 aliphatic heterocycles. The van der Waals surface area contributed by atoms with E-state index in [0.717, 1.165) is 7.11 Å². The molecule has 2 atom stereocenters. The lowest BCUT2D eigenvalue weighted by Gasteiger charge is -2.15. The number of ether oxygens (including phenoxy) is 3. The summed E-state index contributed by atoms with van der Waals surface area (Å²) in [4.78, 5) is 31.9. The minimum absolute atomic E-state index is 0.0436. The third-order valence-corrected chi connectivity index (χ3v) is 2.95. The van der Waals surface area contributed by atoms with Crippen molar-refractivity contribution in [2.45, 2.75) is 6.10 Å². The summed E-state index contributed by atoms with van der Waals surface area (Å²) in [6.45, 7) is -0.0436. The second-order valence-electron chi connectivity index (χ2n) is 4.26. The van der Waals surface area contributed by atoms with Crippen molar-refractivity contribution < 1.29 is 33.7 Å². The molecule has 2 unspecified atom stereocenters. The summed E-state index contributed by atoms with van der Waals surface area (Å²) in [7, 11) is 2.61. The van der Waals surface area contributed by atoms with Gasteiger partial charge < -0.3 is 24.2 Å². The molecule has 1 aromatic rings. The Hall–Kier alpha value is -2.68. The number of pyridine rings is 1. The number of rotatable bonds is 6. The molecule has 0 saturated carbocycles. The molecule has 9 nitrogen and oxygen atoms in total. The number of aromatic nitrogens is 1. The quantitative estimate of drug-likeness (QED) is 0.578. The Kier molecular flexibility index (Phi) is 4.89. The minimum Gasteiger partial charge on any atom is -0.478 e. The third kappa shape index (κ3) is 2.98. The summed E-state index contributed by atoms with van der Waals surface area (Å²) >= 11 is 0. The summed E-state index contributed by atoms with van der Waals surface area (Å²) in [5, 5.41) is 12.8. The topological polar surface area (TPSA) is 117 Å². The average molecular weight is 310 g/mol. The first-order valence-electron chi connectivity index (χ1n) is 6.20. The summed E-state index contributed by atoms with van der Waals surface area (Å²) in [6.07, 6.45) is 1.41. The molecule has 0 amide bonds. The molecule has 1 N–H and O–H groups in total. The molecule has 1 aliphatic rings. The average Bonchev–Trinajstić information content (AvgIpc) is 2.97. The molecule has 0 fully saturated rings. The van der Waals surface area contributed by atoms with E-state index in [-0.39, 0.29) is 18.3 Å². The van der Waals surface area contributed by atoms with E-state index in [9.17, 15) is 9.59 Å². The lowest BCUT2D eigenvalue weighted by molar-refractivity contribution is -0.159. The molecule has 0 aromatic carbocycles. The van der Waals surface area contributed by atoms with Crippen LogP contribution in [0.3, 0.4) is 0 Å². The van der Waals surface area contributed by atoms with Crippen LogP contribution in [0.5, 0.6) is 5.75 Å². The number of oxime groups is 1. The molecule has 118 valence electrons. The Morgan fingerprint density at radius 3 is 2.82 bits per heavy atom. The van der Waals surface area contributed by atoms with E-state index in [2.05, 4.69) is 14.9 Å². The molecule has 22 heavy (non-hydrogen) atoms. The normalized spacial score (nSPS) is 20.0. The van der Waals surface area contributed by atoms with Crippen molar-refractivity contribution >= 4 is 17.7 Å². The highest BCUT2D eigenvalue weighted by molar-refractivity contribution is 6.16. The Morgan fingerprint density at radius 2 is 2.18 bits per heavy atom. The third-order valence-electron chi connectivity index (χ3n) is 2.95. The molecule has 0 radical (unpaired) electrons. The molecule has 0 spiro atoms. The molecule has 9 heteroatoms. The molecule has 1 aromatic heterocycles. The van der Waals surface area contributed by atoms with Crippen LogP contribution >= 0.6 is 0 Å². The molecule has 2 rings (SSSR count). The van der Waals surface area contributed by atoms with Crippen molar-refractivity contribution in [1.82, 2.24) is 4.98 Å². The predicted octanol–water partition coefficient (Wildman–Crippen LogP) is 0.0410. The first-order chi connectivity index (χ1) is 10.6. The van der Waals surface area contributed by atoms with Gasteiger partial charge in [0.15, 0.2) is 12.7 Å². The summed E-state index contributed by atoms with van der Waals surface area (Å²) in [6, 6.07) is 1.54. The van der Waals surface area contributed by atoms with Gasteiger partial charge in [0.25, 0.3) is 0 Å². The largest absolute Gasteiger partial charge is 0.478 e. The van der Waals surface area contributed by atoms with Gasteiger partial charge in [-0.05, 0) is 6.07 Å². The first-order valence-corrected chi connectivity index (χ1v) is 6.20. The smallest absolute Gasteiger partial charge is 0.349 e. The number of nitrogens with zero attached hydrogens (tertiary/aromatic N) is 2. The highest BCUT2D eigenvalue weighted by Gasteiger charge is 2.46. The molecular weight excluding hydrogens is 296 g/mol. The maximum Gasteiger partial charge on any atom is 0.349 e. The fourth-order valence-corrected chi connectivity index (χ4v) is 1.97. The van der Waals surface area contributed by atoms with Crippen molar-refractivity contribution in [1.29, 1.82) is 0 Å². The van der Waals surface area contributed by atoms with Gasteiger partial charge in [-0.25, -0.2) is 4.79 Å². The monoisotopic (exact) mass is 310 g/mol. The number of hydrogen-bond acceptors (Lipinski definition) is 8. The zero-order chi connectivity index (χ0) is 16.1. The lowest BCUT2D eigenvalue weighted by atomic mass is 9.92. The van der Waals surface area contributed by atoms with Crippen molar-refractivity contribution in [2.24, 2.45) is 11.1 Å². The minimum atomic E-state index is -1.45. The van der Waals surface area contributed by atoms with Crippen LogP contribution in [-0.2, 0) is 23.9 Å². The van der Waals surface area contributed by atoms with Crippen molar-refractivity contribution in [2.75, 3.05) is 21.0 Å². The highest BCUT2D eigenvalue weighted by atomic mass is 16.7. The van der Waals surface area contributed by atoms with Gasteiger partial charge >= 0.3 is 11.9 Å². The number of methoxy groups -OCH3 is 2. The molecule has 2 heterocycles. The van der Waals surface area contributed by atoms with E-state index in [4.69, 9.17) is 19.4 Å². The maximum atomic E-state index is 11.9. The van der Waals surface area contributed by atoms with Gasteiger partial charge in [-0.3, -0.25) is 9.78 Å². The van der Waals surface area contributed by atoms with Crippen LogP contribution in [-0.4, -0.2) is 54.9 Å². The van der Waals surface area contributed by atoms with E-state index < -0.39 is 24.0 Å². The van der Waals surface area contributed by atoms with Crippen LogP contribution in [0.1, 0.15) is 5.56 Å². The van der Waals surface area contributed by atoms with Gasteiger partial charge in [0.05, 0.1) is 13.3 Å². The second kappa shape index (κ2) is 6.85. The van der Waals surface area contributed by atoms with Crippen LogP contribution in [0.4, 0.5) is 0 Å². The fraction of sp³-hybridized carbons (Fsp3) is 0.385. The summed E-state index contributed by atoms with van der Waals surface area (Å²) < 4.78 is 14.8. The second-order valence-corrected chi connectivity index (χ2v) is 4.26. The van der Waals surface area contributed by atoms with Crippen LogP contribution in [0.2, 0.25) is 0 Å². The van der Waals surface area contributed by atoms with E-state index in [0.29, 0.717) is 5.56 Å². The van der Waals surface area contributed by atoms with Gasteiger partial charge in [0.2, 0.25) is 6.10 Å². The van der Waals surface area contributed by atoms with E-state index in [1.54, 1.807) is 0 Å². The zero-order valence-corrected chi connectivity index (χ0v) is 11.9. The zero-order valence-electron chi connectivity index (χ0n) is 11.9. The van der Waals surface area contributed by atoms with Crippen LogP contribution in [0.15, 0.2) is 23.6 Å². The maximum absolute atomic E-state index is 11.9. The lowest BCUT2D eigenvalue weighted by Crippen LogP contribution is -2.37. The van der Waals surface area contributed by atoms with Crippen LogP contribution < -0.4 is 4.74 Å². The molecule has 0 saturated heterocycles. The van der Waals surface area contributed by atoms with E-state index in [1.807, 2.05) is 0 Å². The molecule has 0 bridgehead atoms. The van der Waals surface area contributed by atoms with Crippen molar-refractivity contribution in [3.8, 4) is 5.75 Å². The number of esters is 1. The van der Waals surface area contributed by atoms with Crippen LogP contribution in [0, 0.1) is 5.92 Å². The fourth-order valence-electron chi connectivity index (χ4n) is 1.97. The SMILES string of the molecule is COCOc1cnccc1C1=NOC(C(=O)O)C1C(=O)OC. The number of aliphatic carboxylic acids is 1. The number of carboxylic acid groups (broad SMARTS) is 1. The van der Waals surface area contributed by atoms with Gasteiger partial charge in [-0.1, -0.05) is 5.16 Å². The van der Waals surface area contributed by atoms with Crippen LogP contribution in [0.25, 0.3) is 0 Å². The highest BCUT2D eigenvalue weighted by Crippen LogP contribution is 2.29. The van der Waals surface area contributed by atoms with E-state index >= 15 is 0 Å². The number of carbonyl (C=O) groups excluding carboxylic acids is 1. The molecular formula is C13H14N2O7. The summed E-state index contributed by atoms with van der Waals surface area (Å²) in [5.41, 5.74) is 0.485. The standard InChI is InChI=1S/C13H14N2O7/c1-19-6-21-8-5-14-4-3-7(8)10-9(13(18)20-2)11(12(16)17)22-15-10/h3-5,9,11H,6H2,1-2H3,(H,16,17). The van der Waals surface area contributed by atoms with Gasteiger partial charge in [0.1, 0.15) is 11.5 Å².